The van der Waals surface area contributed by atoms with Gasteiger partial charge < -0.3 is 15.0 Å². The average molecular weight is 344 g/mol. The fraction of sp³-hybridized carbons (Fsp3) is 0.684. The molecule has 4 heterocycles. The van der Waals surface area contributed by atoms with Crippen LogP contribution in [0, 0.1) is 5.92 Å². The van der Waals surface area contributed by atoms with Crippen molar-refractivity contribution in [3.63, 3.8) is 0 Å². The monoisotopic (exact) mass is 344 g/mol. The summed E-state index contributed by atoms with van der Waals surface area (Å²) >= 11 is 0. The van der Waals surface area contributed by atoms with Crippen molar-refractivity contribution in [1.29, 1.82) is 0 Å². The second-order valence-corrected chi connectivity index (χ2v) is 7.41. The Morgan fingerprint density at radius 3 is 2.92 bits per heavy atom. The van der Waals surface area contributed by atoms with Gasteiger partial charge in [-0.3, -0.25) is 9.69 Å². The number of hydrogen-bond donors (Lipinski definition) is 1. The maximum atomic E-state index is 11.7. The van der Waals surface area contributed by atoms with Crippen LogP contribution in [0.15, 0.2) is 18.3 Å². The third-order valence-corrected chi connectivity index (χ3v) is 5.64. The van der Waals surface area contributed by atoms with Crippen molar-refractivity contribution in [3.8, 4) is 5.75 Å². The molecule has 3 saturated heterocycles. The van der Waals surface area contributed by atoms with Gasteiger partial charge in [-0.15, -0.1) is 0 Å². The number of carbonyl (C=O) groups excluding carboxylic acids is 1. The number of nitrogens with one attached hydrogen (secondary N) is 1. The minimum Gasteiger partial charge on any atom is -0.485 e. The van der Waals surface area contributed by atoms with E-state index in [-0.39, 0.29) is 17.9 Å². The predicted molar refractivity (Wildman–Crippen MR) is 96.9 cm³/mol. The molecule has 0 radical (unpaired) electrons. The van der Waals surface area contributed by atoms with Gasteiger partial charge in [0.05, 0.1) is 0 Å². The Bertz CT molecular complexity index is 603. The van der Waals surface area contributed by atoms with Crippen molar-refractivity contribution in [1.82, 2.24) is 15.2 Å². The summed E-state index contributed by atoms with van der Waals surface area (Å²) in [6.45, 7) is 5.99. The molecular weight excluding hydrogens is 316 g/mol. The smallest absolute Gasteiger partial charge is 0.223 e. The normalized spacial score (nSPS) is 27.0. The van der Waals surface area contributed by atoms with E-state index < -0.39 is 0 Å². The highest BCUT2D eigenvalue weighted by Crippen LogP contribution is 2.30. The van der Waals surface area contributed by atoms with E-state index in [0.717, 1.165) is 70.1 Å². The number of ether oxygens (including phenoxy) is 1. The van der Waals surface area contributed by atoms with E-state index in [1.165, 1.54) is 12.8 Å². The van der Waals surface area contributed by atoms with Crippen molar-refractivity contribution >= 4 is 11.7 Å². The summed E-state index contributed by atoms with van der Waals surface area (Å²) in [7, 11) is 0. The largest absolute Gasteiger partial charge is 0.485 e. The number of nitrogens with zero attached hydrogens (tertiary/aromatic N) is 3. The number of hydrogen-bond acceptors (Lipinski definition) is 5. The molecule has 0 aromatic carbocycles. The minimum atomic E-state index is 0.208. The van der Waals surface area contributed by atoms with E-state index in [1.807, 2.05) is 18.3 Å². The van der Waals surface area contributed by atoms with Crippen molar-refractivity contribution in [2.75, 3.05) is 44.2 Å². The first-order chi connectivity index (χ1) is 12.3. The van der Waals surface area contributed by atoms with Gasteiger partial charge in [-0.2, -0.15) is 0 Å². The van der Waals surface area contributed by atoms with Crippen LogP contribution in [0.5, 0.6) is 5.75 Å². The van der Waals surface area contributed by atoms with Crippen LogP contribution >= 0.6 is 0 Å². The number of amides is 1. The zero-order valence-corrected chi connectivity index (χ0v) is 14.8. The van der Waals surface area contributed by atoms with Gasteiger partial charge in [-0.1, -0.05) is 0 Å². The Balaban J connectivity index is 1.30. The molecule has 3 fully saturated rings. The number of rotatable bonds is 6. The van der Waals surface area contributed by atoms with Crippen LogP contribution in [0.3, 0.4) is 0 Å². The van der Waals surface area contributed by atoms with Crippen LogP contribution < -0.4 is 15.0 Å². The number of anilines is 1. The lowest BCUT2D eigenvalue weighted by molar-refractivity contribution is -0.122. The third kappa shape index (κ3) is 3.89. The van der Waals surface area contributed by atoms with Crippen molar-refractivity contribution < 1.29 is 9.53 Å². The second-order valence-electron chi connectivity index (χ2n) is 7.41. The Kier molecular flexibility index (Phi) is 5.06. The molecule has 1 aromatic heterocycles. The molecule has 25 heavy (non-hydrogen) atoms. The summed E-state index contributed by atoms with van der Waals surface area (Å²) in [6.07, 6.45) is 7.55. The standard InChI is InChI=1S/C19H28N4O2/c24-19-15(5-9-21-19)6-12-22-13-7-16(14-22)25-17-4-3-8-20-18(17)23-10-1-2-11-23/h3-4,8,15-16H,1-2,5-7,9-14H2,(H,21,24)/t15-,16+/m0/s1. The minimum absolute atomic E-state index is 0.208. The van der Waals surface area contributed by atoms with E-state index >= 15 is 0 Å². The van der Waals surface area contributed by atoms with Crippen LogP contribution in [0.4, 0.5) is 5.82 Å². The highest BCUT2D eigenvalue weighted by atomic mass is 16.5. The molecule has 1 N–H and O–H groups in total. The van der Waals surface area contributed by atoms with Gasteiger partial charge in [0.25, 0.3) is 0 Å². The molecule has 0 aliphatic carbocycles. The molecule has 1 amide bonds. The van der Waals surface area contributed by atoms with Gasteiger partial charge in [-0.25, -0.2) is 4.98 Å². The second kappa shape index (κ2) is 7.60. The lowest BCUT2D eigenvalue weighted by atomic mass is 10.0. The fourth-order valence-corrected chi connectivity index (χ4v) is 4.18. The first-order valence-corrected chi connectivity index (χ1v) is 9.66. The number of carbonyl (C=O) groups is 1. The Morgan fingerprint density at radius 2 is 2.12 bits per heavy atom. The van der Waals surface area contributed by atoms with Crippen LogP contribution in [0.1, 0.15) is 32.1 Å². The molecular formula is C19H28N4O2. The zero-order chi connectivity index (χ0) is 17.1. The number of pyridine rings is 1. The van der Waals surface area contributed by atoms with Gasteiger partial charge in [0.2, 0.25) is 5.91 Å². The molecule has 4 rings (SSSR count). The van der Waals surface area contributed by atoms with Gasteiger partial charge >= 0.3 is 0 Å². The Labute approximate surface area is 149 Å². The van der Waals surface area contributed by atoms with E-state index in [2.05, 4.69) is 20.1 Å². The van der Waals surface area contributed by atoms with E-state index in [0.29, 0.717) is 0 Å². The van der Waals surface area contributed by atoms with Gasteiger partial charge in [-0.05, 0) is 50.8 Å². The summed E-state index contributed by atoms with van der Waals surface area (Å²) in [4.78, 5) is 21.0. The summed E-state index contributed by atoms with van der Waals surface area (Å²) in [5.41, 5.74) is 0. The van der Waals surface area contributed by atoms with Crippen LogP contribution in [-0.4, -0.2) is 61.2 Å². The van der Waals surface area contributed by atoms with Gasteiger partial charge in [0, 0.05) is 44.8 Å². The predicted octanol–water partition coefficient (Wildman–Crippen LogP) is 1.66. The third-order valence-electron chi connectivity index (χ3n) is 5.64. The average Bonchev–Trinajstić information content (AvgIpc) is 3.36. The molecule has 2 atom stereocenters. The SMILES string of the molecule is O=C1NCC[C@H]1CCN1CC[C@@H](Oc2cccnc2N2CCCC2)C1. The van der Waals surface area contributed by atoms with Gasteiger partial charge in [0.1, 0.15) is 6.10 Å². The molecule has 0 unspecified atom stereocenters. The summed E-state index contributed by atoms with van der Waals surface area (Å²) in [5.74, 6) is 2.37. The topological polar surface area (TPSA) is 57.7 Å². The number of likely N-dealkylation sites (tertiary alicyclic amines) is 1. The van der Waals surface area contributed by atoms with Crippen LogP contribution in [0.2, 0.25) is 0 Å². The maximum absolute atomic E-state index is 11.7. The molecule has 136 valence electrons. The lowest BCUT2D eigenvalue weighted by Gasteiger charge is -2.22. The van der Waals surface area contributed by atoms with E-state index in [1.54, 1.807) is 0 Å². The molecule has 0 saturated carbocycles. The zero-order valence-electron chi connectivity index (χ0n) is 14.8. The van der Waals surface area contributed by atoms with Crippen molar-refractivity contribution in [2.24, 2.45) is 5.92 Å². The lowest BCUT2D eigenvalue weighted by Crippen LogP contribution is -2.29. The summed E-state index contributed by atoms with van der Waals surface area (Å²) < 4.78 is 6.32. The highest BCUT2D eigenvalue weighted by Gasteiger charge is 2.29. The number of aromatic nitrogens is 1. The fourth-order valence-electron chi connectivity index (χ4n) is 4.18. The van der Waals surface area contributed by atoms with Crippen LogP contribution in [0.25, 0.3) is 0 Å². The molecule has 1 aromatic rings. The van der Waals surface area contributed by atoms with E-state index in [9.17, 15) is 4.79 Å². The Morgan fingerprint density at radius 1 is 1.24 bits per heavy atom. The first-order valence-electron chi connectivity index (χ1n) is 9.66. The first kappa shape index (κ1) is 16.6. The van der Waals surface area contributed by atoms with Crippen LogP contribution in [-0.2, 0) is 4.79 Å². The molecule has 0 bridgehead atoms. The maximum Gasteiger partial charge on any atom is 0.223 e. The summed E-state index contributed by atoms with van der Waals surface area (Å²) in [6, 6.07) is 4.01. The molecule has 6 heteroatoms. The molecule has 3 aliphatic heterocycles. The molecule has 0 spiro atoms. The molecule has 3 aliphatic rings. The van der Waals surface area contributed by atoms with E-state index in [4.69, 9.17) is 4.74 Å². The summed E-state index contributed by atoms with van der Waals surface area (Å²) in [5, 5.41) is 2.93. The van der Waals surface area contributed by atoms with Gasteiger partial charge in [0.15, 0.2) is 11.6 Å². The molecule has 6 nitrogen and oxygen atoms in total. The Hall–Kier alpha value is -1.82. The highest BCUT2D eigenvalue weighted by molar-refractivity contribution is 5.80. The van der Waals surface area contributed by atoms with Crippen molar-refractivity contribution in [2.45, 2.75) is 38.2 Å². The van der Waals surface area contributed by atoms with Crippen molar-refractivity contribution in [3.05, 3.63) is 18.3 Å². The quantitative estimate of drug-likeness (QED) is 0.851.